The maximum Gasteiger partial charge on any atom is 0.293 e. The molecule has 0 saturated carbocycles. The zero-order chi connectivity index (χ0) is 31.6. The molecule has 1 saturated heterocycles. The van der Waals surface area contributed by atoms with E-state index in [1.807, 2.05) is 54.3 Å². The van der Waals surface area contributed by atoms with Gasteiger partial charge in [0.2, 0.25) is 0 Å². The molecule has 228 valence electrons. The molecule has 2 amide bonds. The van der Waals surface area contributed by atoms with E-state index in [0.29, 0.717) is 33.9 Å². The molecule has 9 heteroatoms. The van der Waals surface area contributed by atoms with Crippen molar-refractivity contribution in [1.82, 2.24) is 14.5 Å². The maximum atomic E-state index is 13.1. The Morgan fingerprint density at radius 1 is 0.955 bits per heavy atom. The molecule has 9 nitrogen and oxygen atoms in total. The van der Waals surface area contributed by atoms with Crippen LogP contribution in [-0.2, 0) is 12.5 Å². The molecule has 3 aromatic carbocycles. The van der Waals surface area contributed by atoms with Gasteiger partial charge in [0.25, 0.3) is 17.4 Å². The van der Waals surface area contributed by atoms with Crippen molar-refractivity contribution in [2.75, 3.05) is 29.5 Å². The molecule has 0 aliphatic carbocycles. The number of aromatic nitrogens is 2. The summed E-state index contributed by atoms with van der Waals surface area (Å²) < 4.78 is 1.46. The Balaban J connectivity index is 1.38. The van der Waals surface area contributed by atoms with Gasteiger partial charge in [-0.15, -0.1) is 0 Å². The lowest BCUT2D eigenvalue weighted by molar-refractivity contribution is 0.0725. The summed E-state index contributed by atoms with van der Waals surface area (Å²) in [7, 11) is 1.66. The summed E-state index contributed by atoms with van der Waals surface area (Å²) in [4.78, 5) is 45.6. The average Bonchev–Trinajstić information content (AvgIpc) is 3.00. The van der Waals surface area contributed by atoms with Crippen LogP contribution in [0.2, 0.25) is 0 Å². The van der Waals surface area contributed by atoms with Crippen LogP contribution in [0.5, 0.6) is 0 Å². The maximum absolute atomic E-state index is 13.1. The smallest absolute Gasteiger partial charge is 0.293 e. The van der Waals surface area contributed by atoms with Gasteiger partial charge in [0.1, 0.15) is 0 Å². The Bertz CT molecular complexity index is 1760. The fraction of sp³-hybridized carbons (Fsp3) is 0.314. The number of amides is 2. The van der Waals surface area contributed by atoms with Crippen molar-refractivity contribution in [3.05, 3.63) is 99.5 Å². The number of nitrogens with two attached hydrogens (primary N) is 1. The Morgan fingerprint density at radius 2 is 1.66 bits per heavy atom. The van der Waals surface area contributed by atoms with Gasteiger partial charge in [-0.2, -0.15) is 0 Å². The van der Waals surface area contributed by atoms with Gasteiger partial charge in [0, 0.05) is 54.5 Å². The van der Waals surface area contributed by atoms with Crippen LogP contribution in [0.1, 0.15) is 71.9 Å². The number of carbonyl (C=O) groups is 2. The van der Waals surface area contributed by atoms with Gasteiger partial charge in [-0.25, -0.2) is 4.98 Å². The van der Waals surface area contributed by atoms with Gasteiger partial charge < -0.3 is 25.8 Å². The number of hydrogen-bond acceptors (Lipinski definition) is 6. The molecular weight excluding hydrogens is 552 g/mol. The molecule has 1 aliphatic heterocycles. The molecule has 1 aliphatic rings. The average molecular weight is 593 g/mol. The minimum atomic E-state index is -0.318. The highest BCUT2D eigenvalue weighted by Gasteiger charge is 2.21. The van der Waals surface area contributed by atoms with Crippen molar-refractivity contribution in [3.8, 4) is 11.3 Å². The molecule has 0 bridgehead atoms. The number of aryl methyl sites for hydroxylation is 1. The normalized spacial score (nSPS) is 13.4. The Hall–Kier alpha value is -4.92. The second-order valence-electron chi connectivity index (χ2n) is 12.4. The summed E-state index contributed by atoms with van der Waals surface area (Å²) >= 11 is 0. The third kappa shape index (κ3) is 6.51. The van der Waals surface area contributed by atoms with Crippen molar-refractivity contribution in [1.29, 1.82) is 0 Å². The molecule has 5 rings (SSSR count). The molecular formula is C35H40N6O3. The Labute approximate surface area is 258 Å². The first-order valence-electron chi connectivity index (χ1n) is 15.0. The van der Waals surface area contributed by atoms with Gasteiger partial charge in [-0.3, -0.25) is 14.4 Å². The number of carbonyl (C=O) groups excluding carboxylic acids is 2. The van der Waals surface area contributed by atoms with E-state index < -0.39 is 0 Å². The third-order valence-electron chi connectivity index (χ3n) is 8.13. The molecule has 0 unspecified atom stereocenters. The molecule has 1 fully saturated rings. The number of benzene rings is 3. The summed E-state index contributed by atoms with van der Waals surface area (Å²) in [6.07, 6.45) is 4.79. The molecule has 0 spiro atoms. The molecule has 44 heavy (non-hydrogen) atoms. The number of nitrogens with zero attached hydrogens (tertiary/aromatic N) is 3. The summed E-state index contributed by atoms with van der Waals surface area (Å²) in [6.45, 7) is 9.79. The quantitative estimate of drug-likeness (QED) is 0.227. The SMILES string of the molecule is Cc1c(NC(=O)c2ccc(C(C)(C)C)cc2)cccc1-c1cn(C)c(=O)c(Nc2ccc(C(=O)N3CCCCC3)c(N)c2)n1. The minimum Gasteiger partial charge on any atom is -0.398 e. The van der Waals surface area contributed by atoms with Crippen LogP contribution < -0.4 is 21.9 Å². The zero-order valence-corrected chi connectivity index (χ0v) is 26.0. The second kappa shape index (κ2) is 12.4. The van der Waals surface area contributed by atoms with E-state index in [4.69, 9.17) is 5.73 Å². The largest absolute Gasteiger partial charge is 0.398 e. The summed E-state index contributed by atoms with van der Waals surface area (Å²) in [5.41, 5.74) is 11.8. The molecule has 4 N–H and O–H groups in total. The van der Waals surface area contributed by atoms with Crippen molar-refractivity contribution in [3.63, 3.8) is 0 Å². The topological polar surface area (TPSA) is 122 Å². The summed E-state index contributed by atoms with van der Waals surface area (Å²) in [5, 5.41) is 6.12. The Kier molecular flexibility index (Phi) is 8.58. The molecule has 2 heterocycles. The van der Waals surface area contributed by atoms with Crippen molar-refractivity contribution < 1.29 is 9.59 Å². The van der Waals surface area contributed by atoms with Crippen LogP contribution in [0.3, 0.4) is 0 Å². The van der Waals surface area contributed by atoms with Gasteiger partial charge in [-0.05, 0) is 79.1 Å². The summed E-state index contributed by atoms with van der Waals surface area (Å²) in [6, 6.07) is 18.3. The molecule has 1 aromatic heterocycles. The third-order valence-corrected chi connectivity index (χ3v) is 8.13. The standard InChI is InChI=1S/C35H40N6O3/c1-22-26(10-9-11-29(22)39-32(42)23-12-14-24(15-13-23)35(2,3)4)30-21-40(5)34(44)31(38-30)37-25-16-17-27(28(36)20-25)33(43)41-18-7-6-8-19-41/h9-17,20-21H,6-8,18-19,36H2,1-5H3,(H,37,38)(H,39,42). The van der Waals surface area contributed by atoms with E-state index in [1.165, 1.54) is 4.57 Å². The highest BCUT2D eigenvalue weighted by Crippen LogP contribution is 2.29. The number of hydrogen-bond donors (Lipinski definition) is 3. The monoisotopic (exact) mass is 592 g/mol. The van der Waals surface area contributed by atoms with Gasteiger partial charge >= 0.3 is 0 Å². The second-order valence-corrected chi connectivity index (χ2v) is 12.4. The van der Waals surface area contributed by atoms with E-state index in [0.717, 1.165) is 49.0 Å². The van der Waals surface area contributed by atoms with Gasteiger partial charge in [0.15, 0.2) is 5.82 Å². The first-order chi connectivity index (χ1) is 20.9. The zero-order valence-electron chi connectivity index (χ0n) is 26.0. The van der Waals surface area contributed by atoms with Gasteiger partial charge in [-0.1, -0.05) is 45.0 Å². The van der Waals surface area contributed by atoms with Crippen molar-refractivity contribution in [2.24, 2.45) is 7.05 Å². The number of piperidine rings is 1. The number of rotatable bonds is 6. The first kappa shape index (κ1) is 30.5. The lowest BCUT2D eigenvalue weighted by Crippen LogP contribution is -2.35. The number of nitrogen functional groups attached to an aromatic ring is 1. The van der Waals surface area contributed by atoms with Gasteiger partial charge in [0.05, 0.1) is 11.3 Å². The number of nitrogens with one attached hydrogen (secondary N) is 2. The lowest BCUT2D eigenvalue weighted by atomic mass is 9.86. The van der Waals surface area contributed by atoms with Crippen molar-refractivity contribution >= 4 is 34.7 Å². The van der Waals surface area contributed by atoms with E-state index in [2.05, 4.69) is 36.4 Å². The number of likely N-dealkylation sites (tertiary alicyclic amines) is 1. The van der Waals surface area contributed by atoms with Crippen LogP contribution in [-0.4, -0.2) is 39.4 Å². The van der Waals surface area contributed by atoms with E-state index in [-0.39, 0.29) is 28.6 Å². The Morgan fingerprint density at radius 3 is 2.32 bits per heavy atom. The fourth-order valence-electron chi connectivity index (χ4n) is 5.42. The number of anilines is 4. The highest BCUT2D eigenvalue weighted by atomic mass is 16.2. The van der Waals surface area contributed by atoms with Crippen LogP contribution >= 0.6 is 0 Å². The van der Waals surface area contributed by atoms with E-state index in [9.17, 15) is 14.4 Å². The van der Waals surface area contributed by atoms with Crippen LogP contribution in [0.25, 0.3) is 11.3 Å². The predicted molar refractivity (Wildman–Crippen MR) is 177 cm³/mol. The van der Waals surface area contributed by atoms with E-state index in [1.54, 1.807) is 31.4 Å². The highest BCUT2D eigenvalue weighted by molar-refractivity contribution is 6.05. The van der Waals surface area contributed by atoms with E-state index >= 15 is 0 Å². The molecule has 0 atom stereocenters. The lowest BCUT2D eigenvalue weighted by Gasteiger charge is -2.27. The van der Waals surface area contributed by atoms with Crippen LogP contribution in [0.15, 0.2) is 71.7 Å². The van der Waals surface area contributed by atoms with Crippen LogP contribution in [0.4, 0.5) is 22.9 Å². The fourth-order valence-corrected chi connectivity index (χ4v) is 5.42. The molecule has 0 radical (unpaired) electrons. The first-order valence-corrected chi connectivity index (χ1v) is 15.0. The molecule has 4 aromatic rings. The predicted octanol–water partition coefficient (Wildman–Crippen LogP) is 6.26. The van der Waals surface area contributed by atoms with Crippen LogP contribution in [0, 0.1) is 6.92 Å². The summed E-state index contributed by atoms with van der Waals surface area (Å²) in [5.74, 6) is -0.164. The minimum absolute atomic E-state index is 0.00162. The van der Waals surface area contributed by atoms with Crippen molar-refractivity contribution in [2.45, 2.75) is 52.4 Å².